The molecule has 0 aromatic carbocycles. The molecule has 0 aromatic heterocycles. The summed E-state index contributed by atoms with van der Waals surface area (Å²) in [6, 6.07) is 0. The minimum absolute atomic E-state index is 0.354. The van der Waals surface area contributed by atoms with Crippen LogP contribution in [-0.2, 0) is 9.59 Å². The Morgan fingerprint density at radius 1 is 0.591 bits per heavy atom. The number of unbranched alkanes of at least 4 members (excludes halogenated alkanes) is 3. The molecule has 2 aliphatic heterocycles. The molecule has 0 spiro atoms. The monoisotopic (exact) mass is 308 g/mol. The number of carbonyl (C=O) groups is 2. The summed E-state index contributed by atoms with van der Waals surface area (Å²) in [5.41, 5.74) is 0. The maximum Gasteiger partial charge on any atom is 0.222 e. The van der Waals surface area contributed by atoms with E-state index in [1.807, 2.05) is 0 Å². The Bertz CT molecular complexity index is 323. The Hall–Kier alpha value is -1.06. The largest absolute Gasteiger partial charge is 0.343 e. The summed E-state index contributed by atoms with van der Waals surface area (Å²) in [6.07, 6.45) is 12.9. The van der Waals surface area contributed by atoms with Gasteiger partial charge < -0.3 is 9.80 Å². The second-order valence-corrected chi connectivity index (χ2v) is 6.80. The van der Waals surface area contributed by atoms with E-state index in [1.165, 1.54) is 38.5 Å². The Balaban J connectivity index is 1.53. The molecule has 0 atom stereocenters. The van der Waals surface area contributed by atoms with Crippen molar-refractivity contribution in [3.05, 3.63) is 0 Å². The zero-order valence-electron chi connectivity index (χ0n) is 14.0. The van der Waals surface area contributed by atoms with Crippen LogP contribution in [-0.4, -0.2) is 47.8 Å². The van der Waals surface area contributed by atoms with Crippen LogP contribution in [0.1, 0.15) is 77.0 Å². The molecule has 22 heavy (non-hydrogen) atoms. The summed E-state index contributed by atoms with van der Waals surface area (Å²) in [5.74, 6) is 0.709. The third kappa shape index (κ3) is 5.98. The molecule has 4 heteroatoms. The Morgan fingerprint density at radius 3 is 1.50 bits per heavy atom. The molecule has 0 bridgehead atoms. The van der Waals surface area contributed by atoms with Crippen molar-refractivity contribution in [1.82, 2.24) is 9.80 Å². The zero-order chi connectivity index (χ0) is 15.6. The van der Waals surface area contributed by atoms with E-state index in [0.29, 0.717) is 11.8 Å². The lowest BCUT2D eigenvalue weighted by molar-refractivity contribution is -0.131. The van der Waals surface area contributed by atoms with Gasteiger partial charge in [0.25, 0.3) is 0 Å². The molecule has 2 fully saturated rings. The van der Waals surface area contributed by atoms with E-state index < -0.39 is 0 Å². The van der Waals surface area contributed by atoms with Crippen LogP contribution >= 0.6 is 0 Å². The van der Waals surface area contributed by atoms with Crippen molar-refractivity contribution in [2.45, 2.75) is 77.0 Å². The average Bonchev–Trinajstić information content (AvgIpc) is 2.84. The van der Waals surface area contributed by atoms with E-state index in [2.05, 4.69) is 9.80 Å². The van der Waals surface area contributed by atoms with Gasteiger partial charge in [0.1, 0.15) is 0 Å². The first kappa shape index (κ1) is 17.3. The van der Waals surface area contributed by atoms with Gasteiger partial charge in [-0.25, -0.2) is 0 Å². The molecule has 0 radical (unpaired) electrons. The molecule has 0 saturated carbocycles. The Morgan fingerprint density at radius 2 is 1.05 bits per heavy atom. The van der Waals surface area contributed by atoms with E-state index in [9.17, 15) is 9.59 Å². The van der Waals surface area contributed by atoms with Gasteiger partial charge in [-0.3, -0.25) is 9.59 Å². The second kappa shape index (κ2) is 9.86. The summed E-state index contributed by atoms with van der Waals surface area (Å²) in [6.45, 7) is 3.78. The van der Waals surface area contributed by atoms with Crippen LogP contribution in [0.15, 0.2) is 0 Å². The molecule has 0 aromatic rings. The van der Waals surface area contributed by atoms with Gasteiger partial charge in [-0.1, -0.05) is 25.7 Å². The van der Waals surface area contributed by atoms with Crippen LogP contribution in [0.25, 0.3) is 0 Å². The predicted molar refractivity (Wildman–Crippen MR) is 88.6 cm³/mol. The van der Waals surface area contributed by atoms with Crippen molar-refractivity contribution in [2.24, 2.45) is 0 Å². The van der Waals surface area contributed by atoms with Crippen molar-refractivity contribution in [1.29, 1.82) is 0 Å². The molecule has 2 aliphatic rings. The zero-order valence-corrected chi connectivity index (χ0v) is 14.0. The fourth-order valence-electron chi connectivity index (χ4n) is 3.51. The normalized spacial score (nSPS) is 20.9. The van der Waals surface area contributed by atoms with Gasteiger partial charge in [-0.15, -0.1) is 0 Å². The molecular weight excluding hydrogens is 276 g/mol. The van der Waals surface area contributed by atoms with Gasteiger partial charge in [0.05, 0.1) is 0 Å². The van der Waals surface area contributed by atoms with Gasteiger partial charge in [-0.05, 0) is 38.5 Å². The number of hydrogen-bond acceptors (Lipinski definition) is 2. The first-order valence-corrected chi connectivity index (χ1v) is 9.33. The van der Waals surface area contributed by atoms with Crippen molar-refractivity contribution < 1.29 is 9.59 Å². The lowest BCUT2D eigenvalue weighted by Gasteiger charge is -2.21. The number of carbonyl (C=O) groups excluding carboxylic acids is 2. The smallest absolute Gasteiger partial charge is 0.222 e. The first-order valence-electron chi connectivity index (χ1n) is 9.33. The quantitative estimate of drug-likeness (QED) is 0.677. The molecule has 0 unspecified atom stereocenters. The standard InChI is InChI=1S/C18H32N2O2/c21-17-11-5-3-9-15-19(17)13-7-1-2-8-14-20-16-10-4-6-12-18(20)22/h1-16H2. The lowest BCUT2D eigenvalue weighted by Crippen LogP contribution is -2.31. The van der Waals surface area contributed by atoms with Gasteiger partial charge >= 0.3 is 0 Å². The SMILES string of the molecule is O=C1CCCCCN1CCCCCCN1CCCCCC1=O. The van der Waals surface area contributed by atoms with Crippen LogP contribution in [0.3, 0.4) is 0 Å². The average molecular weight is 308 g/mol. The van der Waals surface area contributed by atoms with Gasteiger partial charge in [-0.2, -0.15) is 0 Å². The van der Waals surface area contributed by atoms with Gasteiger partial charge in [0.15, 0.2) is 0 Å². The highest BCUT2D eigenvalue weighted by Crippen LogP contribution is 2.14. The minimum atomic E-state index is 0.354. The van der Waals surface area contributed by atoms with Crippen molar-refractivity contribution >= 4 is 11.8 Å². The molecule has 2 amide bonds. The minimum Gasteiger partial charge on any atom is -0.343 e. The molecule has 0 aliphatic carbocycles. The lowest BCUT2D eigenvalue weighted by atomic mass is 10.1. The highest BCUT2D eigenvalue weighted by atomic mass is 16.2. The number of nitrogens with zero attached hydrogens (tertiary/aromatic N) is 2. The molecular formula is C18H32N2O2. The van der Waals surface area contributed by atoms with E-state index in [0.717, 1.165) is 64.7 Å². The fourth-order valence-corrected chi connectivity index (χ4v) is 3.51. The number of amides is 2. The second-order valence-electron chi connectivity index (χ2n) is 6.80. The van der Waals surface area contributed by atoms with Gasteiger partial charge in [0, 0.05) is 39.0 Å². The predicted octanol–water partition coefficient (Wildman–Crippen LogP) is 3.35. The third-order valence-electron chi connectivity index (χ3n) is 4.95. The molecule has 2 rings (SSSR count). The Labute approximate surface area is 135 Å². The van der Waals surface area contributed by atoms with Crippen LogP contribution < -0.4 is 0 Å². The highest BCUT2D eigenvalue weighted by Gasteiger charge is 2.17. The van der Waals surface area contributed by atoms with Crippen molar-refractivity contribution in [3.8, 4) is 0 Å². The maximum atomic E-state index is 11.9. The maximum absolute atomic E-state index is 11.9. The number of likely N-dealkylation sites (tertiary alicyclic amines) is 2. The summed E-state index contributed by atoms with van der Waals surface area (Å²) < 4.78 is 0. The van der Waals surface area contributed by atoms with Crippen LogP contribution in [0.4, 0.5) is 0 Å². The van der Waals surface area contributed by atoms with Crippen LogP contribution in [0, 0.1) is 0 Å². The fraction of sp³-hybridized carbons (Fsp3) is 0.889. The van der Waals surface area contributed by atoms with Crippen molar-refractivity contribution in [3.63, 3.8) is 0 Å². The molecule has 0 N–H and O–H groups in total. The molecule has 4 nitrogen and oxygen atoms in total. The van der Waals surface area contributed by atoms with Gasteiger partial charge in [0.2, 0.25) is 11.8 Å². The summed E-state index contributed by atoms with van der Waals surface area (Å²) in [7, 11) is 0. The van der Waals surface area contributed by atoms with E-state index in [-0.39, 0.29) is 0 Å². The molecule has 2 saturated heterocycles. The first-order chi connectivity index (χ1) is 10.8. The number of hydrogen-bond donors (Lipinski definition) is 0. The highest BCUT2D eigenvalue weighted by molar-refractivity contribution is 5.76. The topological polar surface area (TPSA) is 40.6 Å². The van der Waals surface area contributed by atoms with E-state index in [1.54, 1.807) is 0 Å². The molecule has 126 valence electrons. The third-order valence-corrected chi connectivity index (χ3v) is 4.95. The number of rotatable bonds is 7. The van der Waals surface area contributed by atoms with E-state index >= 15 is 0 Å². The summed E-state index contributed by atoms with van der Waals surface area (Å²) in [5, 5.41) is 0. The summed E-state index contributed by atoms with van der Waals surface area (Å²) >= 11 is 0. The van der Waals surface area contributed by atoms with E-state index in [4.69, 9.17) is 0 Å². The van der Waals surface area contributed by atoms with Crippen LogP contribution in [0.5, 0.6) is 0 Å². The molecule has 2 heterocycles. The van der Waals surface area contributed by atoms with Crippen molar-refractivity contribution in [2.75, 3.05) is 26.2 Å². The summed E-state index contributed by atoms with van der Waals surface area (Å²) in [4.78, 5) is 27.9. The Kier molecular flexibility index (Phi) is 7.75. The van der Waals surface area contributed by atoms with Crippen LogP contribution in [0.2, 0.25) is 0 Å².